The maximum Gasteiger partial charge on any atom is 0.117 e. The summed E-state index contributed by atoms with van der Waals surface area (Å²) in [5, 5.41) is 10.6. The second kappa shape index (κ2) is 3.97. The van der Waals surface area contributed by atoms with Gasteiger partial charge in [0.1, 0.15) is 5.76 Å². The summed E-state index contributed by atoms with van der Waals surface area (Å²) in [5.41, 5.74) is 2.77. The third-order valence-corrected chi connectivity index (χ3v) is 2.74. The Morgan fingerprint density at radius 2 is 2.06 bits per heavy atom. The fraction of sp³-hybridized carbons (Fsp3) is 0.214. The van der Waals surface area contributed by atoms with Crippen molar-refractivity contribution in [2.75, 3.05) is 0 Å². The SMILES string of the molecule is C=C(O)c1ccc(C(C)C)c2cccnc12. The summed E-state index contributed by atoms with van der Waals surface area (Å²) in [7, 11) is 0. The molecule has 0 aliphatic heterocycles. The van der Waals surface area contributed by atoms with Crippen LogP contribution in [-0.2, 0) is 0 Å². The second-order valence-corrected chi connectivity index (χ2v) is 4.20. The Balaban J connectivity index is 2.82. The number of rotatable bonds is 2. The molecule has 2 heteroatoms. The smallest absolute Gasteiger partial charge is 0.117 e. The molecule has 16 heavy (non-hydrogen) atoms. The zero-order chi connectivity index (χ0) is 11.7. The molecule has 82 valence electrons. The van der Waals surface area contributed by atoms with Gasteiger partial charge in [0.05, 0.1) is 5.52 Å². The third kappa shape index (κ3) is 1.67. The summed E-state index contributed by atoms with van der Waals surface area (Å²) in [6.45, 7) is 7.86. The highest BCUT2D eigenvalue weighted by Crippen LogP contribution is 2.28. The van der Waals surface area contributed by atoms with Crippen LogP contribution in [-0.4, -0.2) is 10.1 Å². The topological polar surface area (TPSA) is 33.1 Å². The molecule has 2 aromatic rings. The van der Waals surface area contributed by atoms with Gasteiger partial charge in [-0.15, -0.1) is 0 Å². The normalized spacial score (nSPS) is 10.9. The standard InChI is InChI=1S/C14H15NO/c1-9(2)11-6-7-12(10(3)16)14-13(11)5-4-8-15-14/h4-9,16H,3H2,1-2H3. The third-order valence-electron chi connectivity index (χ3n) is 2.74. The highest BCUT2D eigenvalue weighted by atomic mass is 16.3. The van der Waals surface area contributed by atoms with E-state index >= 15 is 0 Å². The largest absolute Gasteiger partial charge is 0.508 e. The maximum atomic E-state index is 9.52. The number of fused-ring (bicyclic) bond motifs is 1. The van der Waals surface area contributed by atoms with Crippen LogP contribution in [0.1, 0.15) is 30.9 Å². The highest BCUT2D eigenvalue weighted by molar-refractivity contribution is 5.91. The van der Waals surface area contributed by atoms with Crippen molar-refractivity contribution in [2.45, 2.75) is 19.8 Å². The summed E-state index contributed by atoms with van der Waals surface area (Å²) >= 11 is 0. The molecule has 0 radical (unpaired) electrons. The lowest BCUT2D eigenvalue weighted by Gasteiger charge is -2.12. The molecule has 2 nitrogen and oxygen atoms in total. The minimum absolute atomic E-state index is 0.0685. The van der Waals surface area contributed by atoms with Crippen LogP contribution < -0.4 is 0 Å². The van der Waals surface area contributed by atoms with Crippen molar-refractivity contribution in [2.24, 2.45) is 0 Å². The number of aliphatic hydroxyl groups is 1. The summed E-state index contributed by atoms with van der Waals surface area (Å²) < 4.78 is 0. The van der Waals surface area contributed by atoms with Crippen molar-refractivity contribution >= 4 is 16.7 Å². The maximum absolute atomic E-state index is 9.52. The van der Waals surface area contributed by atoms with E-state index in [2.05, 4.69) is 25.4 Å². The Kier molecular flexibility index (Phi) is 2.65. The van der Waals surface area contributed by atoms with Gasteiger partial charge in [-0.1, -0.05) is 32.6 Å². The van der Waals surface area contributed by atoms with Gasteiger partial charge in [0.15, 0.2) is 0 Å². The van der Waals surface area contributed by atoms with E-state index in [9.17, 15) is 5.11 Å². The summed E-state index contributed by atoms with van der Waals surface area (Å²) in [6.07, 6.45) is 1.74. The van der Waals surface area contributed by atoms with Crippen LogP contribution in [0.15, 0.2) is 37.0 Å². The minimum Gasteiger partial charge on any atom is -0.508 e. The molecule has 2 rings (SSSR count). The first-order valence-corrected chi connectivity index (χ1v) is 5.37. The molecule has 0 fully saturated rings. The van der Waals surface area contributed by atoms with Gasteiger partial charge in [-0.25, -0.2) is 0 Å². The van der Waals surface area contributed by atoms with Crippen LogP contribution in [0.3, 0.4) is 0 Å². The zero-order valence-corrected chi connectivity index (χ0v) is 9.57. The monoisotopic (exact) mass is 213 g/mol. The Labute approximate surface area is 95.3 Å². The van der Waals surface area contributed by atoms with Crippen molar-refractivity contribution in [1.29, 1.82) is 0 Å². The minimum atomic E-state index is 0.0685. The van der Waals surface area contributed by atoms with Crippen LogP contribution in [0.5, 0.6) is 0 Å². The van der Waals surface area contributed by atoms with E-state index in [1.165, 1.54) is 5.56 Å². The van der Waals surface area contributed by atoms with Crippen LogP contribution in [0.4, 0.5) is 0 Å². The molecule has 0 saturated carbocycles. The molecule has 0 aliphatic rings. The highest BCUT2D eigenvalue weighted by Gasteiger charge is 2.10. The number of aromatic nitrogens is 1. The fourth-order valence-corrected chi connectivity index (χ4v) is 1.93. The first kappa shape index (κ1) is 10.7. The zero-order valence-electron chi connectivity index (χ0n) is 9.57. The molecule has 1 aromatic carbocycles. The van der Waals surface area contributed by atoms with Crippen LogP contribution in [0, 0.1) is 0 Å². The van der Waals surface area contributed by atoms with Gasteiger partial charge in [0.2, 0.25) is 0 Å². The van der Waals surface area contributed by atoms with Gasteiger partial charge in [-0.05, 0) is 23.6 Å². The van der Waals surface area contributed by atoms with E-state index in [0.29, 0.717) is 11.5 Å². The van der Waals surface area contributed by atoms with Gasteiger partial charge >= 0.3 is 0 Å². The molecule has 1 heterocycles. The van der Waals surface area contributed by atoms with E-state index < -0.39 is 0 Å². The van der Waals surface area contributed by atoms with Crippen molar-refractivity contribution in [3.63, 3.8) is 0 Å². The number of hydrogen-bond acceptors (Lipinski definition) is 2. The van der Waals surface area contributed by atoms with Crippen molar-refractivity contribution < 1.29 is 5.11 Å². The van der Waals surface area contributed by atoms with Gasteiger partial charge < -0.3 is 5.11 Å². The number of aliphatic hydroxyl groups excluding tert-OH is 1. The van der Waals surface area contributed by atoms with Crippen LogP contribution >= 0.6 is 0 Å². The van der Waals surface area contributed by atoms with Crippen molar-refractivity contribution in [1.82, 2.24) is 4.98 Å². The lowest BCUT2D eigenvalue weighted by molar-refractivity contribution is 0.514. The molecule has 0 spiro atoms. The summed E-state index contributed by atoms with van der Waals surface area (Å²) in [5.74, 6) is 0.506. The van der Waals surface area contributed by atoms with Gasteiger partial charge in [0.25, 0.3) is 0 Å². The van der Waals surface area contributed by atoms with Gasteiger partial charge in [-0.3, -0.25) is 4.98 Å². The average molecular weight is 213 g/mol. The average Bonchev–Trinajstić information content (AvgIpc) is 2.27. The van der Waals surface area contributed by atoms with Crippen LogP contribution in [0.25, 0.3) is 16.7 Å². The van der Waals surface area contributed by atoms with Gasteiger partial charge in [-0.2, -0.15) is 0 Å². The molecule has 1 N–H and O–H groups in total. The quantitative estimate of drug-likeness (QED) is 0.768. The number of benzene rings is 1. The van der Waals surface area contributed by atoms with E-state index in [1.54, 1.807) is 6.20 Å². The van der Waals surface area contributed by atoms with E-state index in [0.717, 1.165) is 10.9 Å². The lowest BCUT2D eigenvalue weighted by atomic mass is 9.95. The van der Waals surface area contributed by atoms with Crippen molar-refractivity contribution in [3.05, 3.63) is 48.2 Å². The molecule has 0 unspecified atom stereocenters. The van der Waals surface area contributed by atoms with E-state index in [4.69, 9.17) is 0 Å². The molecule has 0 amide bonds. The summed E-state index contributed by atoms with van der Waals surface area (Å²) in [6, 6.07) is 7.86. The predicted molar refractivity (Wildman–Crippen MR) is 67.5 cm³/mol. The molecule has 0 aliphatic carbocycles. The van der Waals surface area contributed by atoms with E-state index in [-0.39, 0.29) is 5.76 Å². The lowest BCUT2D eigenvalue weighted by Crippen LogP contribution is -1.94. The molecular weight excluding hydrogens is 198 g/mol. The first-order valence-electron chi connectivity index (χ1n) is 5.37. The molecular formula is C14H15NO. The Morgan fingerprint density at radius 3 is 2.69 bits per heavy atom. The fourth-order valence-electron chi connectivity index (χ4n) is 1.93. The second-order valence-electron chi connectivity index (χ2n) is 4.20. The predicted octanol–water partition coefficient (Wildman–Crippen LogP) is 3.89. The Hall–Kier alpha value is -1.83. The molecule has 0 atom stereocenters. The van der Waals surface area contributed by atoms with Gasteiger partial charge in [0, 0.05) is 17.1 Å². The first-order chi connectivity index (χ1) is 7.61. The molecule has 1 aromatic heterocycles. The molecule has 0 bridgehead atoms. The Bertz CT molecular complexity index is 543. The number of nitrogens with zero attached hydrogens (tertiary/aromatic N) is 1. The molecule has 0 saturated heterocycles. The van der Waals surface area contributed by atoms with Crippen LogP contribution in [0.2, 0.25) is 0 Å². The summed E-state index contributed by atoms with van der Waals surface area (Å²) in [4.78, 5) is 4.32. The van der Waals surface area contributed by atoms with E-state index in [1.807, 2.05) is 24.3 Å². The Morgan fingerprint density at radius 1 is 1.31 bits per heavy atom. The number of pyridine rings is 1. The number of hydrogen-bond donors (Lipinski definition) is 1. The van der Waals surface area contributed by atoms with Crippen molar-refractivity contribution in [3.8, 4) is 0 Å².